The molecule has 0 fully saturated rings. The van der Waals surface area contributed by atoms with Crippen molar-refractivity contribution in [2.45, 2.75) is 13.5 Å². The molecule has 1 heterocycles. The Balaban J connectivity index is 0.00000182. The molecule has 1 aromatic heterocycles. The van der Waals surface area contributed by atoms with Gasteiger partial charge in [-0.3, -0.25) is 0 Å². The molecule has 0 unspecified atom stereocenters. The number of aromatic nitrogens is 1. The molecular weight excluding hydrogens is 392 g/mol. The first-order valence-electron chi connectivity index (χ1n) is 8.13. The summed E-state index contributed by atoms with van der Waals surface area (Å²) in [5.74, 6) is 0. The molecule has 0 aliphatic carbocycles. The van der Waals surface area contributed by atoms with Gasteiger partial charge in [-0.2, -0.15) is 0 Å². The van der Waals surface area contributed by atoms with Crippen molar-refractivity contribution in [3.63, 3.8) is 0 Å². The normalized spacial score (nSPS) is 11.5. The number of halogens is 1. The van der Waals surface area contributed by atoms with Gasteiger partial charge in [-0.1, -0.05) is 66.7 Å². The molecule has 126 valence electrons. The molecule has 0 saturated heterocycles. The van der Waals surface area contributed by atoms with Crippen LogP contribution in [-0.4, -0.2) is 4.57 Å². The fraction of sp³-hybridized carbons (Fsp3) is 0.0952. The van der Waals surface area contributed by atoms with Gasteiger partial charge in [-0.05, 0) is 23.9 Å². The van der Waals surface area contributed by atoms with Crippen molar-refractivity contribution in [1.29, 1.82) is 0 Å². The molecule has 0 saturated carbocycles. The first kappa shape index (κ1) is 17.6. The Kier molecular flexibility index (Phi) is 5.51. The molecule has 25 heavy (non-hydrogen) atoms. The molecular formula is C21H19BrN2S. The van der Waals surface area contributed by atoms with Crippen molar-refractivity contribution in [1.82, 2.24) is 4.57 Å². The van der Waals surface area contributed by atoms with Gasteiger partial charge in [0, 0.05) is 17.3 Å². The van der Waals surface area contributed by atoms with Gasteiger partial charge in [0.1, 0.15) is 0 Å². The predicted octanol–water partition coefficient (Wildman–Crippen LogP) is 6.20. The van der Waals surface area contributed by atoms with E-state index in [4.69, 9.17) is 4.99 Å². The lowest BCUT2D eigenvalue weighted by Gasteiger charge is -2.06. The van der Waals surface area contributed by atoms with Gasteiger partial charge in [-0.25, -0.2) is 4.99 Å². The summed E-state index contributed by atoms with van der Waals surface area (Å²) in [6.07, 6.45) is 0. The van der Waals surface area contributed by atoms with E-state index in [-0.39, 0.29) is 17.0 Å². The highest BCUT2D eigenvalue weighted by Crippen LogP contribution is 2.26. The fourth-order valence-electron chi connectivity index (χ4n) is 2.97. The molecule has 0 spiro atoms. The molecule has 2 nitrogen and oxygen atoms in total. The van der Waals surface area contributed by atoms with Crippen LogP contribution in [0.4, 0.5) is 5.69 Å². The summed E-state index contributed by atoms with van der Waals surface area (Å²) in [5.41, 5.74) is 3.48. The monoisotopic (exact) mass is 410 g/mol. The van der Waals surface area contributed by atoms with E-state index in [1.807, 2.05) is 6.07 Å². The zero-order valence-corrected chi connectivity index (χ0v) is 16.5. The minimum absolute atomic E-state index is 0. The van der Waals surface area contributed by atoms with Gasteiger partial charge in [0.2, 0.25) is 0 Å². The number of benzene rings is 3. The molecule has 0 aliphatic rings. The molecule has 4 heteroatoms. The van der Waals surface area contributed by atoms with Crippen LogP contribution in [0.2, 0.25) is 0 Å². The number of thiazole rings is 1. The largest absolute Gasteiger partial charge is 0.317 e. The van der Waals surface area contributed by atoms with Crippen LogP contribution in [-0.2, 0) is 6.54 Å². The molecule has 0 radical (unpaired) electrons. The standard InChI is InChI=1S/C21H18N2S.BrH/c1-2-23-20(17-10-4-3-5-11-17)15-24-21(23)22-19-14-8-12-16-9-6-7-13-18(16)19;/h3-15H,2H2,1H3;1H. The Morgan fingerprint density at radius 1 is 0.880 bits per heavy atom. The Labute approximate surface area is 161 Å². The summed E-state index contributed by atoms with van der Waals surface area (Å²) in [4.78, 5) is 6.00. The number of rotatable bonds is 3. The average Bonchev–Trinajstić information content (AvgIpc) is 3.05. The summed E-state index contributed by atoms with van der Waals surface area (Å²) in [7, 11) is 0. The van der Waals surface area contributed by atoms with Gasteiger partial charge < -0.3 is 4.57 Å². The molecule has 3 aromatic carbocycles. The third-order valence-electron chi connectivity index (χ3n) is 4.17. The van der Waals surface area contributed by atoms with Crippen LogP contribution in [0.3, 0.4) is 0 Å². The second-order valence-electron chi connectivity index (χ2n) is 5.62. The highest BCUT2D eigenvalue weighted by molar-refractivity contribution is 8.93. The van der Waals surface area contributed by atoms with Crippen LogP contribution < -0.4 is 4.80 Å². The van der Waals surface area contributed by atoms with Crippen LogP contribution >= 0.6 is 28.3 Å². The fourth-order valence-corrected chi connectivity index (χ4v) is 3.96. The maximum absolute atomic E-state index is 4.97. The predicted molar refractivity (Wildman–Crippen MR) is 113 cm³/mol. The molecule has 0 N–H and O–H groups in total. The topological polar surface area (TPSA) is 17.3 Å². The minimum Gasteiger partial charge on any atom is -0.317 e. The van der Waals surface area contributed by atoms with Crippen molar-refractivity contribution in [2.24, 2.45) is 4.99 Å². The van der Waals surface area contributed by atoms with Crippen LogP contribution in [0.5, 0.6) is 0 Å². The molecule has 4 aromatic rings. The highest BCUT2D eigenvalue weighted by atomic mass is 79.9. The molecule has 0 bridgehead atoms. The first-order chi connectivity index (χ1) is 11.9. The lowest BCUT2D eigenvalue weighted by molar-refractivity contribution is 0.745. The van der Waals surface area contributed by atoms with Gasteiger partial charge in [0.05, 0.1) is 11.4 Å². The second-order valence-corrected chi connectivity index (χ2v) is 6.46. The molecule has 0 amide bonds. The zero-order valence-electron chi connectivity index (χ0n) is 13.9. The van der Waals surface area contributed by atoms with Crippen LogP contribution in [0, 0.1) is 0 Å². The zero-order chi connectivity index (χ0) is 16.4. The van der Waals surface area contributed by atoms with E-state index in [9.17, 15) is 0 Å². The summed E-state index contributed by atoms with van der Waals surface area (Å²) in [6.45, 7) is 3.07. The van der Waals surface area contributed by atoms with Crippen molar-refractivity contribution in [3.05, 3.63) is 83.0 Å². The third kappa shape index (κ3) is 3.46. The summed E-state index contributed by atoms with van der Waals surface area (Å²) < 4.78 is 2.28. The Hall–Kier alpha value is -2.17. The van der Waals surface area contributed by atoms with Crippen molar-refractivity contribution in [3.8, 4) is 11.3 Å². The minimum atomic E-state index is 0. The van der Waals surface area contributed by atoms with E-state index in [2.05, 4.69) is 83.6 Å². The average molecular weight is 411 g/mol. The summed E-state index contributed by atoms with van der Waals surface area (Å²) in [5, 5.41) is 4.61. The summed E-state index contributed by atoms with van der Waals surface area (Å²) >= 11 is 1.70. The molecule has 4 rings (SSSR count). The number of hydrogen-bond acceptors (Lipinski definition) is 2. The smallest absolute Gasteiger partial charge is 0.190 e. The van der Waals surface area contributed by atoms with Crippen LogP contribution in [0.15, 0.2) is 83.2 Å². The Bertz CT molecular complexity index is 1040. The lowest BCUT2D eigenvalue weighted by atomic mass is 10.1. The molecule has 0 aliphatic heterocycles. The number of hydrogen-bond donors (Lipinski definition) is 0. The highest BCUT2D eigenvalue weighted by Gasteiger charge is 2.07. The lowest BCUT2D eigenvalue weighted by Crippen LogP contribution is -2.14. The van der Waals surface area contributed by atoms with Gasteiger partial charge in [-0.15, -0.1) is 28.3 Å². The molecule has 0 atom stereocenters. The van der Waals surface area contributed by atoms with Gasteiger partial charge in [0.15, 0.2) is 4.80 Å². The van der Waals surface area contributed by atoms with E-state index < -0.39 is 0 Å². The SMILES string of the molecule is Br.CCn1c(-c2ccccc2)csc1=Nc1cccc2ccccc12. The third-order valence-corrected chi connectivity index (χ3v) is 5.03. The van der Waals surface area contributed by atoms with E-state index >= 15 is 0 Å². The van der Waals surface area contributed by atoms with E-state index in [1.165, 1.54) is 22.0 Å². The van der Waals surface area contributed by atoms with Crippen LogP contribution in [0.25, 0.3) is 22.0 Å². The van der Waals surface area contributed by atoms with Gasteiger partial charge >= 0.3 is 0 Å². The van der Waals surface area contributed by atoms with E-state index in [0.29, 0.717) is 0 Å². The van der Waals surface area contributed by atoms with Crippen LogP contribution in [0.1, 0.15) is 6.92 Å². The van der Waals surface area contributed by atoms with Crippen molar-refractivity contribution >= 4 is 44.8 Å². The second kappa shape index (κ2) is 7.81. The van der Waals surface area contributed by atoms with Crippen molar-refractivity contribution < 1.29 is 0 Å². The Morgan fingerprint density at radius 2 is 1.60 bits per heavy atom. The maximum Gasteiger partial charge on any atom is 0.190 e. The number of nitrogens with zero attached hydrogens (tertiary/aromatic N) is 2. The first-order valence-corrected chi connectivity index (χ1v) is 9.01. The summed E-state index contributed by atoms with van der Waals surface area (Å²) in [6, 6.07) is 25.2. The van der Waals surface area contributed by atoms with Gasteiger partial charge in [0.25, 0.3) is 0 Å². The Morgan fingerprint density at radius 3 is 2.40 bits per heavy atom. The van der Waals surface area contributed by atoms with Crippen molar-refractivity contribution in [2.75, 3.05) is 0 Å². The number of fused-ring (bicyclic) bond motifs is 1. The van der Waals surface area contributed by atoms with E-state index in [0.717, 1.165) is 17.0 Å². The quantitative estimate of drug-likeness (QED) is 0.382. The van der Waals surface area contributed by atoms with E-state index in [1.54, 1.807) is 11.3 Å². The maximum atomic E-state index is 4.97.